The molecule has 1 fully saturated rings. The number of fused-ring (bicyclic) bond motifs is 1. The van der Waals surface area contributed by atoms with Crippen molar-refractivity contribution in [1.82, 2.24) is 29.2 Å². The Kier molecular flexibility index (Phi) is 7.44. The van der Waals surface area contributed by atoms with Gasteiger partial charge in [0.1, 0.15) is 12.7 Å². The summed E-state index contributed by atoms with van der Waals surface area (Å²) in [6, 6.07) is 0.754. The van der Waals surface area contributed by atoms with E-state index in [9.17, 15) is 8.42 Å². The normalized spacial score (nSPS) is 20.6. The summed E-state index contributed by atoms with van der Waals surface area (Å²) in [6.45, 7) is 3.10. The quantitative estimate of drug-likeness (QED) is 0.432. The van der Waals surface area contributed by atoms with Crippen molar-refractivity contribution in [3.63, 3.8) is 0 Å². The second kappa shape index (κ2) is 10.7. The molecule has 5 rings (SSSR count). The second-order valence-corrected chi connectivity index (χ2v) is 12.1. The molecule has 4 heterocycles. The average Bonchev–Trinajstić information content (AvgIpc) is 3.36. The first-order valence-electron chi connectivity index (χ1n) is 12.2. The van der Waals surface area contributed by atoms with Crippen molar-refractivity contribution in [3.8, 4) is 12.0 Å². The van der Waals surface area contributed by atoms with Gasteiger partial charge in [-0.3, -0.25) is 0 Å². The number of thiazole rings is 1. The maximum absolute atomic E-state index is 11.8. The fraction of sp³-hybridized carbons (Fsp3) is 0.542. The van der Waals surface area contributed by atoms with Crippen LogP contribution in [0.3, 0.4) is 0 Å². The predicted octanol–water partition coefficient (Wildman–Crippen LogP) is 3.29. The molecule has 0 radical (unpaired) electrons. The van der Waals surface area contributed by atoms with Gasteiger partial charge in [0, 0.05) is 55.0 Å². The Morgan fingerprint density at radius 2 is 1.81 bits per heavy atom. The first-order valence-corrected chi connectivity index (χ1v) is 14.9. The second-order valence-electron chi connectivity index (χ2n) is 9.26. The molecule has 3 aromatic rings. The van der Waals surface area contributed by atoms with Gasteiger partial charge in [-0.25, -0.2) is 28.4 Å². The molecule has 192 valence electrons. The van der Waals surface area contributed by atoms with E-state index in [1.54, 1.807) is 17.5 Å². The van der Waals surface area contributed by atoms with E-state index in [2.05, 4.69) is 26.9 Å². The minimum Gasteiger partial charge on any atom is -0.460 e. The fourth-order valence-corrected chi connectivity index (χ4v) is 6.27. The number of hydrogen-bond acceptors (Lipinski definition) is 10. The van der Waals surface area contributed by atoms with E-state index in [0.29, 0.717) is 44.1 Å². The van der Waals surface area contributed by atoms with Crippen molar-refractivity contribution in [2.75, 3.05) is 12.8 Å². The molecular weight excluding hydrogens is 500 g/mol. The van der Waals surface area contributed by atoms with E-state index >= 15 is 0 Å². The molecule has 3 aromatic heterocycles. The summed E-state index contributed by atoms with van der Waals surface area (Å²) < 4.78 is 36.8. The molecule has 12 heteroatoms. The SMILES string of the molecule is CCc1cnc(OC2CCC(c3nc(COc4ncc5c(n4)CCN(S(C)(=O)=O)C5)cs3)CC2)nc1. The average molecular weight is 531 g/mol. The molecule has 2 aliphatic rings. The van der Waals surface area contributed by atoms with Crippen LogP contribution in [0.1, 0.15) is 66.0 Å². The maximum atomic E-state index is 11.8. The van der Waals surface area contributed by atoms with Crippen molar-refractivity contribution >= 4 is 21.4 Å². The number of sulfonamides is 1. The fourth-order valence-electron chi connectivity index (χ4n) is 4.50. The van der Waals surface area contributed by atoms with Crippen LogP contribution in [0, 0.1) is 0 Å². The van der Waals surface area contributed by atoms with Crippen LogP contribution < -0.4 is 9.47 Å². The third-order valence-corrected chi connectivity index (χ3v) is 8.96. The van der Waals surface area contributed by atoms with Crippen LogP contribution in [0.4, 0.5) is 0 Å². The molecule has 0 saturated heterocycles. The van der Waals surface area contributed by atoms with Gasteiger partial charge in [0.2, 0.25) is 10.0 Å². The molecule has 1 aliphatic carbocycles. The summed E-state index contributed by atoms with van der Waals surface area (Å²) in [4.78, 5) is 22.2. The number of ether oxygens (including phenoxy) is 2. The van der Waals surface area contributed by atoms with Gasteiger partial charge in [0.25, 0.3) is 0 Å². The third kappa shape index (κ3) is 5.98. The highest BCUT2D eigenvalue weighted by Gasteiger charge is 2.27. The van der Waals surface area contributed by atoms with Crippen molar-refractivity contribution < 1.29 is 17.9 Å². The van der Waals surface area contributed by atoms with Gasteiger partial charge in [0.15, 0.2) is 0 Å². The molecule has 0 N–H and O–H groups in total. The Hall–Kier alpha value is -2.70. The Labute approximate surface area is 215 Å². The number of rotatable bonds is 8. The standard InChI is InChI=1S/C24H30N6O4S2/c1-3-16-10-25-23(26-11-16)34-20-6-4-17(5-7-20)22-28-19(15-35-22)14-33-24-27-12-18-13-30(36(2,31)32)9-8-21(18)29-24/h10-12,15,17,20H,3-9,13-14H2,1-2H3. The van der Waals surface area contributed by atoms with E-state index in [-0.39, 0.29) is 6.10 Å². The predicted molar refractivity (Wildman–Crippen MR) is 134 cm³/mol. The molecule has 0 atom stereocenters. The Morgan fingerprint density at radius 3 is 2.53 bits per heavy atom. The van der Waals surface area contributed by atoms with E-state index in [1.165, 1.54) is 10.6 Å². The maximum Gasteiger partial charge on any atom is 0.316 e. The summed E-state index contributed by atoms with van der Waals surface area (Å²) in [7, 11) is -3.23. The zero-order valence-corrected chi connectivity index (χ0v) is 22.1. The monoisotopic (exact) mass is 530 g/mol. The molecule has 0 amide bonds. The van der Waals surface area contributed by atoms with Crippen LogP contribution >= 0.6 is 11.3 Å². The Balaban J connectivity index is 1.11. The number of aromatic nitrogens is 5. The van der Waals surface area contributed by atoms with Gasteiger partial charge in [-0.15, -0.1) is 11.3 Å². The van der Waals surface area contributed by atoms with E-state index in [4.69, 9.17) is 14.5 Å². The van der Waals surface area contributed by atoms with Crippen LogP contribution in [-0.2, 0) is 36.0 Å². The highest BCUT2D eigenvalue weighted by molar-refractivity contribution is 7.88. The van der Waals surface area contributed by atoms with Crippen molar-refractivity contribution in [1.29, 1.82) is 0 Å². The number of aryl methyl sites for hydroxylation is 1. The third-order valence-electron chi connectivity index (χ3n) is 6.65. The topological polar surface area (TPSA) is 120 Å². The number of hydrogen-bond donors (Lipinski definition) is 0. The highest BCUT2D eigenvalue weighted by atomic mass is 32.2. The lowest BCUT2D eigenvalue weighted by atomic mass is 9.88. The van der Waals surface area contributed by atoms with Gasteiger partial charge in [-0.1, -0.05) is 6.92 Å². The highest BCUT2D eigenvalue weighted by Crippen LogP contribution is 2.35. The summed E-state index contributed by atoms with van der Waals surface area (Å²) in [6.07, 6.45) is 12.1. The summed E-state index contributed by atoms with van der Waals surface area (Å²) >= 11 is 1.67. The van der Waals surface area contributed by atoms with Crippen LogP contribution in [0.25, 0.3) is 0 Å². The van der Waals surface area contributed by atoms with Gasteiger partial charge >= 0.3 is 12.0 Å². The van der Waals surface area contributed by atoms with Crippen molar-refractivity contribution in [2.24, 2.45) is 0 Å². The smallest absolute Gasteiger partial charge is 0.316 e. The molecule has 1 aliphatic heterocycles. The van der Waals surface area contributed by atoms with Crippen LogP contribution in [0.5, 0.6) is 12.0 Å². The minimum absolute atomic E-state index is 0.141. The lowest BCUT2D eigenvalue weighted by Gasteiger charge is -2.27. The summed E-state index contributed by atoms with van der Waals surface area (Å²) in [5, 5.41) is 3.16. The summed E-state index contributed by atoms with van der Waals surface area (Å²) in [5.41, 5.74) is 3.62. The Bertz CT molecular complexity index is 1290. The van der Waals surface area contributed by atoms with Crippen LogP contribution in [0.15, 0.2) is 24.0 Å². The molecule has 0 spiro atoms. The molecule has 36 heavy (non-hydrogen) atoms. The largest absolute Gasteiger partial charge is 0.460 e. The van der Waals surface area contributed by atoms with E-state index in [0.717, 1.165) is 59.6 Å². The van der Waals surface area contributed by atoms with Crippen molar-refractivity contribution in [3.05, 3.63) is 51.5 Å². The molecule has 0 unspecified atom stereocenters. The van der Waals surface area contributed by atoms with Crippen molar-refractivity contribution in [2.45, 2.75) is 70.6 Å². The molecular formula is C24H30N6O4S2. The molecule has 1 saturated carbocycles. The molecule has 0 bridgehead atoms. The Morgan fingerprint density at radius 1 is 1.06 bits per heavy atom. The van der Waals surface area contributed by atoms with Gasteiger partial charge in [-0.2, -0.15) is 9.29 Å². The lowest BCUT2D eigenvalue weighted by Crippen LogP contribution is -2.35. The van der Waals surface area contributed by atoms with E-state index in [1.807, 2.05) is 17.8 Å². The van der Waals surface area contributed by atoms with Crippen LogP contribution in [-0.4, -0.2) is 56.5 Å². The molecule has 0 aromatic carbocycles. The van der Waals surface area contributed by atoms with Gasteiger partial charge < -0.3 is 9.47 Å². The minimum atomic E-state index is -3.23. The first kappa shape index (κ1) is 25.0. The van der Waals surface area contributed by atoms with Crippen LogP contribution in [0.2, 0.25) is 0 Å². The zero-order chi connectivity index (χ0) is 25.1. The van der Waals surface area contributed by atoms with E-state index < -0.39 is 10.0 Å². The van der Waals surface area contributed by atoms with Gasteiger partial charge in [-0.05, 0) is 37.7 Å². The zero-order valence-electron chi connectivity index (χ0n) is 20.5. The first-order chi connectivity index (χ1) is 17.4. The summed E-state index contributed by atoms with van der Waals surface area (Å²) in [5.74, 6) is 0.421. The number of nitrogens with zero attached hydrogens (tertiary/aromatic N) is 6. The van der Waals surface area contributed by atoms with Gasteiger partial charge in [0.05, 0.1) is 22.7 Å². The molecule has 10 nitrogen and oxygen atoms in total. The lowest BCUT2D eigenvalue weighted by molar-refractivity contribution is 0.134.